The highest BCUT2D eigenvalue weighted by atomic mass is 16.2. The van der Waals surface area contributed by atoms with Crippen LogP contribution in [0.25, 0.3) is 0 Å². The SMILES string of the molecule is CC(C)C1NC2(CCCC2)C(=O)N1C1CC1. The van der Waals surface area contributed by atoms with Crippen LogP contribution >= 0.6 is 0 Å². The van der Waals surface area contributed by atoms with Crippen molar-refractivity contribution < 1.29 is 4.79 Å². The molecule has 1 amide bonds. The highest BCUT2D eigenvalue weighted by Crippen LogP contribution is 2.42. The van der Waals surface area contributed by atoms with Crippen LogP contribution in [0, 0.1) is 5.92 Å². The van der Waals surface area contributed by atoms with E-state index in [0.717, 1.165) is 12.8 Å². The van der Waals surface area contributed by atoms with Crippen molar-refractivity contribution in [2.75, 3.05) is 0 Å². The van der Waals surface area contributed by atoms with E-state index in [4.69, 9.17) is 0 Å². The lowest BCUT2D eigenvalue weighted by Gasteiger charge is -2.26. The van der Waals surface area contributed by atoms with Gasteiger partial charge in [0.1, 0.15) is 0 Å². The first kappa shape index (κ1) is 10.6. The summed E-state index contributed by atoms with van der Waals surface area (Å²) in [5.41, 5.74) is -0.169. The lowest BCUT2D eigenvalue weighted by Crippen LogP contribution is -2.45. The Balaban J connectivity index is 1.88. The van der Waals surface area contributed by atoms with Crippen molar-refractivity contribution >= 4 is 5.91 Å². The fourth-order valence-electron chi connectivity index (χ4n) is 3.36. The van der Waals surface area contributed by atoms with Gasteiger partial charge in [0, 0.05) is 6.04 Å². The van der Waals surface area contributed by atoms with Gasteiger partial charge in [0.15, 0.2) is 0 Å². The van der Waals surface area contributed by atoms with Gasteiger partial charge in [0.25, 0.3) is 0 Å². The molecule has 0 aromatic heterocycles. The van der Waals surface area contributed by atoms with Crippen molar-refractivity contribution in [3.8, 4) is 0 Å². The van der Waals surface area contributed by atoms with Gasteiger partial charge in [-0.1, -0.05) is 26.7 Å². The minimum Gasteiger partial charge on any atom is -0.322 e. The third-order valence-corrected chi connectivity index (χ3v) is 4.40. The monoisotopic (exact) mass is 222 g/mol. The summed E-state index contributed by atoms with van der Waals surface area (Å²) in [5, 5.41) is 3.66. The maximum absolute atomic E-state index is 12.6. The summed E-state index contributed by atoms with van der Waals surface area (Å²) < 4.78 is 0. The van der Waals surface area contributed by atoms with Crippen molar-refractivity contribution in [1.29, 1.82) is 0 Å². The van der Waals surface area contributed by atoms with E-state index in [1.54, 1.807) is 0 Å². The van der Waals surface area contributed by atoms with E-state index < -0.39 is 0 Å². The number of carbonyl (C=O) groups is 1. The predicted molar refractivity (Wildman–Crippen MR) is 62.8 cm³/mol. The molecule has 1 aliphatic heterocycles. The smallest absolute Gasteiger partial charge is 0.244 e. The van der Waals surface area contributed by atoms with Gasteiger partial charge in [0.2, 0.25) is 5.91 Å². The Kier molecular flexibility index (Phi) is 2.29. The van der Waals surface area contributed by atoms with E-state index in [2.05, 4.69) is 24.1 Å². The van der Waals surface area contributed by atoms with Crippen molar-refractivity contribution in [1.82, 2.24) is 10.2 Å². The van der Waals surface area contributed by atoms with Gasteiger partial charge in [-0.15, -0.1) is 0 Å². The number of amides is 1. The lowest BCUT2D eigenvalue weighted by molar-refractivity contribution is -0.134. The molecular formula is C13H22N2O. The molecule has 0 bridgehead atoms. The average Bonchev–Trinajstić information content (AvgIpc) is 2.89. The van der Waals surface area contributed by atoms with Gasteiger partial charge in [-0.3, -0.25) is 10.1 Å². The molecule has 1 unspecified atom stereocenters. The molecule has 1 heterocycles. The molecule has 0 aromatic rings. The molecule has 1 atom stereocenters. The molecule has 2 saturated carbocycles. The summed E-state index contributed by atoms with van der Waals surface area (Å²) in [6.07, 6.45) is 7.25. The van der Waals surface area contributed by atoms with Gasteiger partial charge in [-0.05, 0) is 31.6 Å². The topological polar surface area (TPSA) is 32.3 Å². The molecule has 3 aliphatic rings. The van der Waals surface area contributed by atoms with E-state index in [1.165, 1.54) is 25.7 Å². The number of nitrogens with one attached hydrogen (secondary N) is 1. The van der Waals surface area contributed by atoms with Crippen LogP contribution in [0.5, 0.6) is 0 Å². The van der Waals surface area contributed by atoms with Crippen LogP contribution in [-0.2, 0) is 4.79 Å². The summed E-state index contributed by atoms with van der Waals surface area (Å²) >= 11 is 0. The molecule has 2 aliphatic carbocycles. The fourth-order valence-corrected chi connectivity index (χ4v) is 3.36. The summed E-state index contributed by atoms with van der Waals surface area (Å²) in [7, 11) is 0. The van der Waals surface area contributed by atoms with Crippen molar-refractivity contribution in [3.05, 3.63) is 0 Å². The van der Waals surface area contributed by atoms with Crippen LogP contribution in [0.1, 0.15) is 52.4 Å². The van der Waals surface area contributed by atoms with Gasteiger partial charge < -0.3 is 4.90 Å². The minimum absolute atomic E-state index is 0.169. The van der Waals surface area contributed by atoms with Crippen LogP contribution in [0.2, 0.25) is 0 Å². The van der Waals surface area contributed by atoms with E-state index in [9.17, 15) is 4.79 Å². The number of hydrogen-bond acceptors (Lipinski definition) is 2. The lowest BCUT2D eigenvalue weighted by atomic mass is 9.98. The van der Waals surface area contributed by atoms with E-state index in [1.807, 2.05) is 0 Å². The Morgan fingerprint density at radius 3 is 2.44 bits per heavy atom. The zero-order valence-electron chi connectivity index (χ0n) is 10.3. The molecule has 16 heavy (non-hydrogen) atoms. The summed E-state index contributed by atoms with van der Waals surface area (Å²) in [5.74, 6) is 0.927. The van der Waals surface area contributed by atoms with Crippen molar-refractivity contribution in [2.24, 2.45) is 5.92 Å². The first-order valence-corrected chi connectivity index (χ1v) is 6.74. The zero-order valence-corrected chi connectivity index (χ0v) is 10.3. The maximum atomic E-state index is 12.6. The maximum Gasteiger partial charge on any atom is 0.244 e. The second-order valence-electron chi connectivity index (χ2n) is 6.07. The van der Waals surface area contributed by atoms with Gasteiger partial charge in [-0.2, -0.15) is 0 Å². The van der Waals surface area contributed by atoms with Crippen LogP contribution < -0.4 is 5.32 Å². The average molecular weight is 222 g/mol. The van der Waals surface area contributed by atoms with Crippen LogP contribution in [-0.4, -0.2) is 28.6 Å². The normalized spacial score (nSPS) is 33.3. The molecule has 3 heteroatoms. The Hall–Kier alpha value is -0.570. The largest absolute Gasteiger partial charge is 0.322 e. The Labute approximate surface area is 97.6 Å². The van der Waals surface area contributed by atoms with E-state index in [-0.39, 0.29) is 11.7 Å². The van der Waals surface area contributed by atoms with Crippen LogP contribution in [0.15, 0.2) is 0 Å². The van der Waals surface area contributed by atoms with Gasteiger partial charge in [-0.25, -0.2) is 0 Å². The number of rotatable bonds is 2. The molecule has 1 saturated heterocycles. The van der Waals surface area contributed by atoms with Gasteiger partial charge in [0.05, 0.1) is 11.7 Å². The Morgan fingerprint density at radius 1 is 1.31 bits per heavy atom. The second-order valence-corrected chi connectivity index (χ2v) is 6.07. The molecule has 0 aromatic carbocycles. The Bertz CT molecular complexity index is 303. The fraction of sp³-hybridized carbons (Fsp3) is 0.923. The zero-order chi connectivity index (χ0) is 11.3. The molecule has 1 N–H and O–H groups in total. The Morgan fingerprint density at radius 2 is 1.94 bits per heavy atom. The molecule has 0 radical (unpaired) electrons. The molecule has 3 nitrogen and oxygen atoms in total. The summed E-state index contributed by atoms with van der Waals surface area (Å²) in [4.78, 5) is 14.8. The first-order chi connectivity index (χ1) is 7.64. The summed E-state index contributed by atoms with van der Waals surface area (Å²) in [6.45, 7) is 4.43. The highest BCUT2D eigenvalue weighted by molar-refractivity contribution is 5.89. The van der Waals surface area contributed by atoms with Gasteiger partial charge >= 0.3 is 0 Å². The number of nitrogens with zero attached hydrogens (tertiary/aromatic N) is 1. The minimum atomic E-state index is -0.169. The summed E-state index contributed by atoms with van der Waals surface area (Å²) in [6, 6.07) is 0.548. The second kappa shape index (κ2) is 3.46. The first-order valence-electron chi connectivity index (χ1n) is 6.74. The van der Waals surface area contributed by atoms with Crippen LogP contribution in [0.3, 0.4) is 0 Å². The number of carbonyl (C=O) groups excluding carboxylic acids is 1. The molecule has 3 fully saturated rings. The highest BCUT2D eigenvalue weighted by Gasteiger charge is 2.56. The molecule has 90 valence electrons. The van der Waals surface area contributed by atoms with E-state index in [0.29, 0.717) is 17.9 Å². The van der Waals surface area contributed by atoms with Crippen molar-refractivity contribution in [3.63, 3.8) is 0 Å². The third-order valence-electron chi connectivity index (χ3n) is 4.40. The van der Waals surface area contributed by atoms with E-state index >= 15 is 0 Å². The van der Waals surface area contributed by atoms with Crippen molar-refractivity contribution in [2.45, 2.75) is 70.1 Å². The number of hydrogen-bond donors (Lipinski definition) is 1. The predicted octanol–water partition coefficient (Wildman–Crippen LogP) is 1.88. The van der Waals surface area contributed by atoms with Crippen LogP contribution in [0.4, 0.5) is 0 Å². The molecule has 1 spiro atoms. The molecular weight excluding hydrogens is 200 g/mol. The molecule has 3 rings (SSSR count). The standard InChI is InChI=1S/C13H22N2O/c1-9(2)11-14-13(7-3-4-8-13)12(16)15(11)10-5-6-10/h9-11,14H,3-8H2,1-2H3. The quantitative estimate of drug-likeness (QED) is 0.773. The third kappa shape index (κ3) is 1.41.